The Hall–Kier alpha value is -1.47. The number of ether oxygens (including phenoxy) is 1. The first-order chi connectivity index (χ1) is 13.7. The molecular weight excluding hydrogens is 502 g/mol. The number of carbonyl (C=O) groups excluding carboxylic acids is 2. The lowest BCUT2D eigenvalue weighted by atomic mass is 10.1. The SMILES string of the molecule is CCNC(=O)[C@H](C)N(Cc1ccc(Cl)cc1Cl)C(=O)COc1ccc(Br)cc1Cl. The van der Waals surface area contributed by atoms with Gasteiger partial charge in [-0.05, 0) is 49.7 Å². The number of rotatable bonds is 8. The molecule has 0 spiro atoms. The number of carbonyl (C=O) groups is 2. The Balaban J connectivity index is 2.20. The Morgan fingerprint density at radius 1 is 1.14 bits per heavy atom. The van der Waals surface area contributed by atoms with E-state index in [-0.39, 0.29) is 25.0 Å². The summed E-state index contributed by atoms with van der Waals surface area (Å²) in [5, 5.41) is 4.00. The Morgan fingerprint density at radius 2 is 1.86 bits per heavy atom. The zero-order valence-electron chi connectivity index (χ0n) is 15.8. The number of benzene rings is 2. The molecular formula is C20H20BrCl3N2O3. The molecule has 29 heavy (non-hydrogen) atoms. The van der Waals surface area contributed by atoms with Crippen LogP contribution in [0.5, 0.6) is 5.75 Å². The van der Waals surface area contributed by atoms with E-state index in [0.717, 1.165) is 4.47 Å². The minimum atomic E-state index is -0.724. The van der Waals surface area contributed by atoms with Crippen molar-refractivity contribution in [1.82, 2.24) is 10.2 Å². The molecule has 0 fully saturated rings. The zero-order valence-corrected chi connectivity index (χ0v) is 19.7. The molecule has 1 atom stereocenters. The smallest absolute Gasteiger partial charge is 0.261 e. The summed E-state index contributed by atoms with van der Waals surface area (Å²) in [6.07, 6.45) is 0. The van der Waals surface area contributed by atoms with Crippen molar-refractivity contribution in [3.8, 4) is 5.75 Å². The second-order valence-corrected chi connectivity index (χ2v) is 8.36. The van der Waals surface area contributed by atoms with Gasteiger partial charge in [0.05, 0.1) is 5.02 Å². The molecule has 0 aromatic heterocycles. The van der Waals surface area contributed by atoms with Crippen LogP contribution in [0, 0.1) is 0 Å². The van der Waals surface area contributed by atoms with Gasteiger partial charge in [0.15, 0.2) is 6.61 Å². The van der Waals surface area contributed by atoms with Crippen molar-refractivity contribution < 1.29 is 14.3 Å². The molecule has 9 heteroatoms. The van der Waals surface area contributed by atoms with Gasteiger partial charge in [-0.15, -0.1) is 0 Å². The monoisotopic (exact) mass is 520 g/mol. The van der Waals surface area contributed by atoms with Gasteiger partial charge in [-0.1, -0.05) is 56.8 Å². The summed E-state index contributed by atoms with van der Waals surface area (Å²) in [6, 6.07) is 9.36. The summed E-state index contributed by atoms with van der Waals surface area (Å²) in [6.45, 7) is 3.77. The first-order valence-corrected chi connectivity index (χ1v) is 10.7. The number of nitrogens with one attached hydrogen (secondary N) is 1. The molecule has 2 aromatic carbocycles. The highest BCUT2D eigenvalue weighted by atomic mass is 79.9. The molecule has 1 N–H and O–H groups in total. The van der Waals surface area contributed by atoms with Crippen LogP contribution in [0.4, 0.5) is 0 Å². The summed E-state index contributed by atoms with van der Waals surface area (Å²) < 4.78 is 6.38. The van der Waals surface area contributed by atoms with E-state index in [2.05, 4.69) is 21.2 Å². The second-order valence-electron chi connectivity index (χ2n) is 6.19. The summed E-state index contributed by atoms with van der Waals surface area (Å²) in [4.78, 5) is 26.7. The molecule has 0 unspecified atom stereocenters. The topological polar surface area (TPSA) is 58.6 Å². The van der Waals surface area contributed by atoms with E-state index in [1.807, 2.05) is 6.92 Å². The fourth-order valence-electron chi connectivity index (χ4n) is 2.55. The zero-order chi connectivity index (χ0) is 21.6. The van der Waals surface area contributed by atoms with Crippen molar-refractivity contribution in [2.75, 3.05) is 13.2 Å². The fraction of sp³-hybridized carbons (Fsp3) is 0.300. The summed E-state index contributed by atoms with van der Waals surface area (Å²) >= 11 is 21.7. The van der Waals surface area contributed by atoms with Crippen molar-refractivity contribution in [3.63, 3.8) is 0 Å². The Labute approximate surface area is 193 Å². The third kappa shape index (κ3) is 6.78. The number of halogens is 4. The normalized spacial score (nSPS) is 11.7. The summed E-state index contributed by atoms with van der Waals surface area (Å²) in [5.41, 5.74) is 0.669. The van der Waals surface area contributed by atoms with Crippen molar-refractivity contribution in [2.24, 2.45) is 0 Å². The predicted molar refractivity (Wildman–Crippen MR) is 120 cm³/mol. The van der Waals surface area contributed by atoms with Crippen LogP contribution in [-0.2, 0) is 16.1 Å². The third-order valence-corrected chi connectivity index (χ3v) is 5.49. The minimum Gasteiger partial charge on any atom is -0.482 e. The molecule has 0 saturated carbocycles. The van der Waals surface area contributed by atoms with Crippen LogP contribution in [0.2, 0.25) is 15.1 Å². The lowest BCUT2D eigenvalue weighted by Gasteiger charge is -2.29. The van der Waals surface area contributed by atoms with Crippen molar-refractivity contribution in [1.29, 1.82) is 0 Å². The van der Waals surface area contributed by atoms with E-state index in [4.69, 9.17) is 39.5 Å². The van der Waals surface area contributed by atoms with Gasteiger partial charge in [0, 0.05) is 27.6 Å². The molecule has 156 valence electrons. The van der Waals surface area contributed by atoms with Crippen LogP contribution < -0.4 is 10.1 Å². The average molecular weight is 523 g/mol. The molecule has 0 heterocycles. The Morgan fingerprint density at radius 3 is 2.48 bits per heavy atom. The highest BCUT2D eigenvalue weighted by Gasteiger charge is 2.27. The number of hydrogen-bond acceptors (Lipinski definition) is 3. The highest BCUT2D eigenvalue weighted by Crippen LogP contribution is 2.28. The van der Waals surface area contributed by atoms with E-state index < -0.39 is 6.04 Å². The number of hydrogen-bond donors (Lipinski definition) is 1. The molecule has 0 radical (unpaired) electrons. The van der Waals surface area contributed by atoms with Crippen molar-refractivity contribution >= 4 is 62.5 Å². The van der Waals surface area contributed by atoms with Gasteiger partial charge in [0.1, 0.15) is 11.8 Å². The lowest BCUT2D eigenvalue weighted by molar-refractivity contribution is -0.142. The van der Waals surface area contributed by atoms with Gasteiger partial charge in [-0.2, -0.15) is 0 Å². The van der Waals surface area contributed by atoms with Gasteiger partial charge in [0.2, 0.25) is 5.91 Å². The molecule has 0 bridgehead atoms. The van der Waals surface area contributed by atoms with Gasteiger partial charge in [-0.25, -0.2) is 0 Å². The van der Waals surface area contributed by atoms with Gasteiger partial charge in [0.25, 0.3) is 5.91 Å². The Kier molecular flexibility index (Phi) is 9.08. The number of likely N-dealkylation sites (N-methyl/N-ethyl adjacent to an activating group) is 1. The standard InChI is InChI=1S/C20H20BrCl3N2O3/c1-3-25-20(28)12(2)26(10-13-4-6-15(22)9-16(13)23)19(27)11-29-18-7-5-14(21)8-17(18)24/h4-9,12H,3,10-11H2,1-2H3,(H,25,28)/t12-/m0/s1. The maximum atomic E-state index is 12.9. The summed E-state index contributed by atoms with van der Waals surface area (Å²) in [7, 11) is 0. The maximum absolute atomic E-state index is 12.9. The molecule has 2 rings (SSSR count). The first-order valence-electron chi connectivity index (χ1n) is 8.81. The van der Waals surface area contributed by atoms with Crippen LogP contribution in [0.1, 0.15) is 19.4 Å². The molecule has 2 amide bonds. The quantitative estimate of drug-likeness (QED) is 0.509. The second kappa shape index (κ2) is 11.1. The van der Waals surface area contributed by atoms with Crippen molar-refractivity contribution in [2.45, 2.75) is 26.4 Å². The van der Waals surface area contributed by atoms with Crippen molar-refractivity contribution in [3.05, 3.63) is 61.5 Å². The average Bonchev–Trinajstić information content (AvgIpc) is 2.66. The molecule has 2 aromatic rings. The highest BCUT2D eigenvalue weighted by molar-refractivity contribution is 9.10. The molecule has 0 aliphatic carbocycles. The number of nitrogens with zero attached hydrogens (tertiary/aromatic N) is 1. The first kappa shape index (κ1) is 23.8. The molecule has 0 aliphatic heterocycles. The van der Waals surface area contributed by atoms with Crippen LogP contribution in [0.3, 0.4) is 0 Å². The van der Waals surface area contributed by atoms with Gasteiger partial charge < -0.3 is 15.0 Å². The lowest BCUT2D eigenvalue weighted by Crippen LogP contribution is -2.49. The van der Waals surface area contributed by atoms with E-state index in [0.29, 0.717) is 32.9 Å². The van der Waals surface area contributed by atoms with E-state index in [1.54, 1.807) is 43.3 Å². The van der Waals surface area contributed by atoms with Gasteiger partial charge >= 0.3 is 0 Å². The van der Waals surface area contributed by atoms with E-state index in [1.165, 1.54) is 4.90 Å². The maximum Gasteiger partial charge on any atom is 0.261 e. The van der Waals surface area contributed by atoms with Gasteiger partial charge in [-0.3, -0.25) is 9.59 Å². The molecule has 5 nitrogen and oxygen atoms in total. The fourth-order valence-corrected chi connectivity index (χ4v) is 3.75. The Bertz CT molecular complexity index is 895. The van der Waals surface area contributed by atoms with Crippen LogP contribution in [-0.4, -0.2) is 35.9 Å². The van der Waals surface area contributed by atoms with Crippen LogP contribution >= 0.6 is 50.7 Å². The largest absolute Gasteiger partial charge is 0.482 e. The number of amides is 2. The van der Waals surface area contributed by atoms with Crippen LogP contribution in [0.15, 0.2) is 40.9 Å². The predicted octanol–water partition coefficient (Wildman–Crippen LogP) is 5.34. The third-order valence-electron chi connectivity index (χ3n) is 4.12. The molecule has 0 aliphatic rings. The van der Waals surface area contributed by atoms with E-state index >= 15 is 0 Å². The van der Waals surface area contributed by atoms with Crippen LogP contribution in [0.25, 0.3) is 0 Å². The summed E-state index contributed by atoms with van der Waals surface area (Å²) in [5.74, 6) is -0.278. The van der Waals surface area contributed by atoms with E-state index in [9.17, 15) is 9.59 Å². The minimum absolute atomic E-state index is 0.130. The molecule has 0 saturated heterocycles.